The first-order chi connectivity index (χ1) is 16.8. The van der Waals surface area contributed by atoms with Crippen molar-refractivity contribution in [2.45, 2.75) is 45.2 Å². The molecule has 1 amide bonds. The number of likely N-dealkylation sites (tertiary alicyclic amines) is 1. The number of carboxylic acids is 1. The van der Waals surface area contributed by atoms with Crippen LogP contribution in [0, 0.1) is 11.8 Å². The number of aromatic hydroxyl groups is 1. The molecule has 1 saturated heterocycles. The van der Waals surface area contributed by atoms with E-state index in [1.54, 1.807) is 12.1 Å². The summed E-state index contributed by atoms with van der Waals surface area (Å²) in [5.41, 5.74) is 1.92. The van der Waals surface area contributed by atoms with E-state index >= 15 is 0 Å². The van der Waals surface area contributed by atoms with E-state index in [4.69, 9.17) is 0 Å². The van der Waals surface area contributed by atoms with Crippen LogP contribution in [0.3, 0.4) is 0 Å². The van der Waals surface area contributed by atoms with Gasteiger partial charge in [-0.25, -0.2) is 4.79 Å². The van der Waals surface area contributed by atoms with E-state index in [-0.39, 0.29) is 30.5 Å². The molecular formula is C29H34N2O4. The van der Waals surface area contributed by atoms with Gasteiger partial charge in [-0.05, 0) is 58.8 Å². The summed E-state index contributed by atoms with van der Waals surface area (Å²) in [7, 11) is 0. The van der Waals surface area contributed by atoms with Crippen molar-refractivity contribution in [3.05, 3.63) is 77.9 Å². The molecule has 184 valence electrons. The summed E-state index contributed by atoms with van der Waals surface area (Å²) in [6.45, 7) is 5.86. The molecular weight excluding hydrogens is 440 g/mol. The molecule has 3 aromatic carbocycles. The minimum Gasteiger partial charge on any atom is -0.508 e. The maximum Gasteiger partial charge on any atom is 0.326 e. The molecule has 1 heterocycles. The molecule has 3 aromatic rings. The molecule has 1 aliphatic rings. The van der Waals surface area contributed by atoms with Gasteiger partial charge in [0.15, 0.2) is 0 Å². The van der Waals surface area contributed by atoms with Gasteiger partial charge in [-0.3, -0.25) is 9.69 Å². The number of phenolic OH excluding ortho intramolecular Hbond substituents is 1. The van der Waals surface area contributed by atoms with Gasteiger partial charge < -0.3 is 15.5 Å². The lowest BCUT2D eigenvalue weighted by Gasteiger charge is -2.43. The third-order valence-corrected chi connectivity index (χ3v) is 7.39. The smallest absolute Gasteiger partial charge is 0.326 e. The molecule has 0 saturated carbocycles. The average Bonchev–Trinajstić information content (AvgIpc) is 2.84. The van der Waals surface area contributed by atoms with E-state index in [9.17, 15) is 19.8 Å². The molecule has 6 nitrogen and oxygen atoms in total. The summed E-state index contributed by atoms with van der Waals surface area (Å²) < 4.78 is 0. The standard InChI is InChI=1S/C29H34N2O4/c1-19-12-14-31(28(20(19)2)24-8-5-9-25(32)18-24)15-13-27(33)30-26(29(34)35)17-21-10-11-22-6-3-4-7-23(22)16-21/h3-11,16,18-20,26,28,32H,12-15,17H2,1-2H3,(H,30,33)(H,34,35)/t19-,20-,26+,28?/m1/s1. The van der Waals surface area contributed by atoms with Crippen LogP contribution in [0.1, 0.15) is 43.9 Å². The lowest BCUT2D eigenvalue weighted by Crippen LogP contribution is -2.45. The Labute approximate surface area is 206 Å². The number of phenols is 1. The fourth-order valence-electron chi connectivity index (χ4n) is 5.20. The van der Waals surface area contributed by atoms with Gasteiger partial charge in [0, 0.05) is 25.4 Å². The number of amides is 1. The largest absolute Gasteiger partial charge is 0.508 e. The highest BCUT2D eigenvalue weighted by Gasteiger charge is 2.34. The molecule has 4 atom stereocenters. The zero-order valence-corrected chi connectivity index (χ0v) is 20.4. The Morgan fingerprint density at radius 1 is 1.03 bits per heavy atom. The summed E-state index contributed by atoms with van der Waals surface area (Å²) in [5, 5.41) is 24.6. The SMILES string of the molecule is C[C@@H]1CCN(CCC(=O)N[C@@H](Cc2ccc3ccccc3c2)C(=O)O)C(c2cccc(O)c2)[C@@H]1C. The molecule has 4 rings (SSSR count). The number of hydrogen-bond donors (Lipinski definition) is 3. The Balaban J connectivity index is 1.40. The van der Waals surface area contributed by atoms with Gasteiger partial charge in [0.25, 0.3) is 0 Å². The molecule has 0 aromatic heterocycles. The van der Waals surface area contributed by atoms with Crippen molar-refractivity contribution in [3.8, 4) is 5.75 Å². The Morgan fingerprint density at radius 3 is 2.54 bits per heavy atom. The van der Waals surface area contributed by atoms with Crippen molar-refractivity contribution in [2.24, 2.45) is 11.8 Å². The number of nitrogens with one attached hydrogen (secondary N) is 1. The number of hydrogen-bond acceptors (Lipinski definition) is 4. The number of carboxylic acid groups (broad SMARTS) is 1. The Bertz CT molecular complexity index is 1190. The third kappa shape index (κ3) is 6.01. The Hall–Kier alpha value is -3.38. The number of rotatable bonds is 8. The van der Waals surface area contributed by atoms with Crippen LogP contribution in [0.5, 0.6) is 5.75 Å². The van der Waals surface area contributed by atoms with Crippen molar-refractivity contribution in [3.63, 3.8) is 0 Å². The first-order valence-corrected chi connectivity index (χ1v) is 12.3. The molecule has 3 N–H and O–H groups in total. The van der Waals surface area contributed by atoms with Crippen molar-refractivity contribution >= 4 is 22.6 Å². The van der Waals surface area contributed by atoms with Gasteiger partial charge in [0.2, 0.25) is 5.91 Å². The van der Waals surface area contributed by atoms with Crippen LogP contribution in [-0.2, 0) is 16.0 Å². The number of benzene rings is 3. The van der Waals surface area contributed by atoms with Gasteiger partial charge in [-0.2, -0.15) is 0 Å². The number of fused-ring (bicyclic) bond motifs is 1. The molecule has 0 radical (unpaired) electrons. The second-order valence-electron chi connectivity index (χ2n) is 9.79. The maximum absolute atomic E-state index is 12.8. The highest BCUT2D eigenvalue weighted by atomic mass is 16.4. The fraction of sp³-hybridized carbons (Fsp3) is 0.379. The van der Waals surface area contributed by atoms with Gasteiger partial charge in [0.1, 0.15) is 11.8 Å². The highest BCUT2D eigenvalue weighted by molar-refractivity contribution is 5.85. The van der Waals surface area contributed by atoms with E-state index in [1.165, 1.54) is 0 Å². The summed E-state index contributed by atoms with van der Waals surface area (Å²) >= 11 is 0. The van der Waals surface area contributed by atoms with E-state index in [1.807, 2.05) is 54.6 Å². The third-order valence-electron chi connectivity index (χ3n) is 7.39. The number of carbonyl (C=O) groups excluding carboxylic acids is 1. The Morgan fingerprint density at radius 2 is 1.80 bits per heavy atom. The van der Waals surface area contributed by atoms with Crippen LogP contribution < -0.4 is 5.32 Å². The van der Waals surface area contributed by atoms with E-state index < -0.39 is 12.0 Å². The van der Waals surface area contributed by atoms with E-state index in [2.05, 4.69) is 24.1 Å². The van der Waals surface area contributed by atoms with Crippen LogP contribution in [0.2, 0.25) is 0 Å². The summed E-state index contributed by atoms with van der Waals surface area (Å²) in [4.78, 5) is 27.0. The lowest BCUT2D eigenvalue weighted by atomic mass is 9.79. The van der Waals surface area contributed by atoms with Gasteiger partial charge in [-0.15, -0.1) is 0 Å². The summed E-state index contributed by atoms with van der Waals surface area (Å²) in [5.74, 6) is -0.161. The normalized spacial score (nSPS) is 21.5. The summed E-state index contributed by atoms with van der Waals surface area (Å²) in [6.07, 6.45) is 1.49. The Kier molecular flexibility index (Phi) is 7.71. The monoisotopic (exact) mass is 474 g/mol. The predicted octanol–water partition coefficient (Wildman–Crippen LogP) is 4.77. The minimum absolute atomic E-state index is 0.103. The minimum atomic E-state index is -1.04. The van der Waals surface area contributed by atoms with E-state index in [0.717, 1.165) is 34.9 Å². The highest BCUT2D eigenvalue weighted by Crippen LogP contribution is 2.39. The van der Waals surface area contributed by atoms with Gasteiger partial charge in [0.05, 0.1) is 0 Å². The number of piperidine rings is 1. The molecule has 0 bridgehead atoms. The van der Waals surface area contributed by atoms with Crippen molar-refractivity contribution in [2.75, 3.05) is 13.1 Å². The quantitative estimate of drug-likeness (QED) is 0.438. The van der Waals surface area contributed by atoms with E-state index in [0.29, 0.717) is 18.4 Å². The summed E-state index contributed by atoms with van der Waals surface area (Å²) in [6, 6.07) is 20.3. The molecule has 1 aliphatic heterocycles. The molecule has 0 spiro atoms. The van der Waals surface area contributed by atoms with Crippen LogP contribution >= 0.6 is 0 Å². The number of aliphatic carboxylic acids is 1. The van der Waals surface area contributed by atoms with Gasteiger partial charge >= 0.3 is 5.97 Å². The van der Waals surface area contributed by atoms with Crippen LogP contribution in [-0.4, -0.2) is 46.1 Å². The molecule has 6 heteroatoms. The first-order valence-electron chi connectivity index (χ1n) is 12.3. The average molecular weight is 475 g/mol. The zero-order chi connectivity index (χ0) is 24.9. The molecule has 1 unspecified atom stereocenters. The van der Waals surface area contributed by atoms with Crippen LogP contribution in [0.15, 0.2) is 66.7 Å². The predicted molar refractivity (Wildman–Crippen MR) is 137 cm³/mol. The second kappa shape index (κ2) is 10.9. The first kappa shape index (κ1) is 24.7. The number of carbonyl (C=O) groups is 2. The molecule has 0 aliphatic carbocycles. The second-order valence-corrected chi connectivity index (χ2v) is 9.79. The number of nitrogens with zero attached hydrogens (tertiary/aromatic N) is 1. The zero-order valence-electron chi connectivity index (χ0n) is 20.4. The van der Waals surface area contributed by atoms with Crippen molar-refractivity contribution < 1.29 is 19.8 Å². The topological polar surface area (TPSA) is 89.9 Å². The van der Waals surface area contributed by atoms with Crippen LogP contribution in [0.25, 0.3) is 10.8 Å². The maximum atomic E-state index is 12.8. The lowest BCUT2D eigenvalue weighted by molar-refractivity contribution is -0.141. The molecule has 35 heavy (non-hydrogen) atoms. The van der Waals surface area contributed by atoms with Crippen molar-refractivity contribution in [1.29, 1.82) is 0 Å². The van der Waals surface area contributed by atoms with Crippen molar-refractivity contribution in [1.82, 2.24) is 10.2 Å². The fourth-order valence-corrected chi connectivity index (χ4v) is 5.20. The van der Waals surface area contributed by atoms with Gasteiger partial charge in [-0.1, -0.05) is 68.4 Å². The van der Waals surface area contributed by atoms with Crippen LogP contribution in [0.4, 0.5) is 0 Å². The molecule has 1 fully saturated rings.